The Morgan fingerprint density at radius 3 is 2.93 bits per heavy atom. The Labute approximate surface area is 164 Å². The van der Waals surface area contributed by atoms with Crippen molar-refractivity contribution in [1.82, 2.24) is 19.9 Å². The Bertz CT molecular complexity index is 984. The van der Waals surface area contributed by atoms with E-state index in [9.17, 15) is 4.79 Å². The van der Waals surface area contributed by atoms with Crippen molar-refractivity contribution >= 4 is 17.5 Å². The predicted octanol–water partition coefficient (Wildman–Crippen LogP) is 2.58. The summed E-state index contributed by atoms with van der Waals surface area (Å²) in [5.74, 6) is 1.61. The molecule has 4 rings (SSSR count). The fraction of sp³-hybridized carbons (Fsp3) is 0.381. The van der Waals surface area contributed by atoms with Crippen molar-refractivity contribution in [2.45, 2.75) is 26.3 Å². The summed E-state index contributed by atoms with van der Waals surface area (Å²) in [5, 5.41) is 11.7. The minimum absolute atomic E-state index is 0.0696. The van der Waals surface area contributed by atoms with Gasteiger partial charge in [0.15, 0.2) is 5.65 Å². The predicted molar refractivity (Wildman–Crippen MR) is 108 cm³/mol. The van der Waals surface area contributed by atoms with E-state index in [1.807, 2.05) is 49.4 Å². The van der Waals surface area contributed by atoms with E-state index in [4.69, 9.17) is 4.74 Å². The fourth-order valence-corrected chi connectivity index (χ4v) is 3.84. The van der Waals surface area contributed by atoms with E-state index in [1.165, 1.54) is 0 Å². The van der Waals surface area contributed by atoms with Gasteiger partial charge in [0.25, 0.3) is 0 Å². The van der Waals surface area contributed by atoms with E-state index >= 15 is 0 Å². The number of nitrogens with zero attached hydrogens (tertiary/aromatic N) is 4. The van der Waals surface area contributed by atoms with E-state index in [-0.39, 0.29) is 11.8 Å². The second kappa shape index (κ2) is 7.88. The molecule has 0 bridgehead atoms. The summed E-state index contributed by atoms with van der Waals surface area (Å²) >= 11 is 0. The van der Waals surface area contributed by atoms with Crippen LogP contribution >= 0.6 is 0 Å². The highest BCUT2D eigenvalue weighted by atomic mass is 16.5. The number of nitrogens with one attached hydrogen (secondary N) is 1. The van der Waals surface area contributed by atoms with Gasteiger partial charge in [-0.25, -0.2) is 0 Å². The molecule has 0 saturated carbocycles. The maximum Gasteiger partial charge on any atom is 0.231 e. The van der Waals surface area contributed by atoms with E-state index in [2.05, 4.69) is 24.8 Å². The number of aryl methyl sites for hydroxylation is 1. The first-order valence-corrected chi connectivity index (χ1v) is 9.62. The van der Waals surface area contributed by atoms with E-state index in [0.717, 1.165) is 48.0 Å². The number of carbonyl (C=O) groups is 1. The van der Waals surface area contributed by atoms with Crippen molar-refractivity contribution in [2.24, 2.45) is 5.92 Å². The highest BCUT2D eigenvalue weighted by molar-refractivity contribution is 5.79. The normalized spacial score (nSPS) is 16.9. The highest BCUT2D eigenvalue weighted by Gasteiger charge is 2.28. The molecule has 1 aromatic carbocycles. The van der Waals surface area contributed by atoms with Gasteiger partial charge in [-0.2, -0.15) is 0 Å². The van der Waals surface area contributed by atoms with Gasteiger partial charge in [-0.05, 0) is 38.0 Å². The first-order chi connectivity index (χ1) is 13.7. The Balaban J connectivity index is 1.45. The molecule has 1 aliphatic rings. The number of piperidine rings is 1. The lowest BCUT2D eigenvalue weighted by atomic mass is 9.97. The van der Waals surface area contributed by atoms with Crippen LogP contribution < -0.4 is 15.0 Å². The number of fused-ring (bicyclic) bond motifs is 1. The number of hydrogen-bond donors (Lipinski definition) is 1. The van der Waals surface area contributed by atoms with Gasteiger partial charge in [0.1, 0.15) is 5.75 Å². The summed E-state index contributed by atoms with van der Waals surface area (Å²) in [6, 6.07) is 13.7. The summed E-state index contributed by atoms with van der Waals surface area (Å²) in [4.78, 5) is 15.0. The zero-order valence-electron chi connectivity index (χ0n) is 16.3. The fourth-order valence-electron chi connectivity index (χ4n) is 3.84. The van der Waals surface area contributed by atoms with Crippen LogP contribution in [0.2, 0.25) is 0 Å². The molecular weight excluding hydrogens is 354 g/mol. The molecule has 1 fully saturated rings. The second-order valence-electron chi connectivity index (χ2n) is 7.18. The van der Waals surface area contributed by atoms with E-state index in [0.29, 0.717) is 13.1 Å². The van der Waals surface area contributed by atoms with Gasteiger partial charge in [0.2, 0.25) is 11.9 Å². The van der Waals surface area contributed by atoms with E-state index in [1.54, 1.807) is 7.11 Å². The first kappa shape index (κ1) is 18.3. The average Bonchev–Trinajstić information content (AvgIpc) is 3.18. The van der Waals surface area contributed by atoms with Crippen LogP contribution in [0.25, 0.3) is 5.65 Å². The van der Waals surface area contributed by atoms with Gasteiger partial charge in [-0.15, -0.1) is 10.2 Å². The van der Waals surface area contributed by atoms with Crippen LogP contribution in [0.5, 0.6) is 5.75 Å². The molecule has 0 radical (unpaired) electrons. The molecule has 1 aliphatic heterocycles. The molecule has 0 unspecified atom stereocenters. The number of carbonyl (C=O) groups excluding carboxylic acids is 1. The zero-order chi connectivity index (χ0) is 19.5. The molecule has 1 N–H and O–H groups in total. The van der Waals surface area contributed by atoms with Gasteiger partial charge in [-0.1, -0.05) is 24.3 Å². The van der Waals surface area contributed by atoms with Crippen LogP contribution in [0.4, 0.5) is 5.95 Å². The number of anilines is 1. The number of pyridine rings is 1. The van der Waals surface area contributed by atoms with Gasteiger partial charge in [0.05, 0.1) is 13.0 Å². The average molecular weight is 379 g/mol. The molecule has 7 nitrogen and oxygen atoms in total. The number of aromatic nitrogens is 3. The maximum atomic E-state index is 12.8. The molecule has 28 heavy (non-hydrogen) atoms. The van der Waals surface area contributed by atoms with Crippen molar-refractivity contribution in [3.05, 3.63) is 53.7 Å². The molecule has 0 aliphatic carbocycles. The van der Waals surface area contributed by atoms with Gasteiger partial charge < -0.3 is 15.0 Å². The molecule has 3 aromatic rings. The topological polar surface area (TPSA) is 71.8 Å². The maximum absolute atomic E-state index is 12.8. The zero-order valence-corrected chi connectivity index (χ0v) is 16.3. The molecule has 7 heteroatoms. The highest BCUT2D eigenvalue weighted by Crippen LogP contribution is 2.24. The molecule has 1 atom stereocenters. The molecule has 146 valence electrons. The van der Waals surface area contributed by atoms with Crippen LogP contribution in [0.15, 0.2) is 42.5 Å². The number of para-hydroxylation sites is 1. The summed E-state index contributed by atoms with van der Waals surface area (Å²) in [7, 11) is 1.64. The number of rotatable bonds is 5. The summed E-state index contributed by atoms with van der Waals surface area (Å²) in [6.45, 7) is 4.03. The Kier molecular flexibility index (Phi) is 5.14. The lowest BCUT2D eigenvalue weighted by Crippen LogP contribution is -2.43. The minimum atomic E-state index is -0.0696. The molecule has 1 amide bonds. The Morgan fingerprint density at radius 2 is 2.07 bits per heavy atom. The lowest BCUT2D eigenvalue weighted by Gasteiger charge is -2.32. The smallest absolute Gasteiger partial charge is 0.231 e. The number of hydrogen-bond acceptors (Lipinski definition) is 5. The quantitative estimate of drug-likeness (QED) is 0.738. The third-order valence-electron chi connectivity index (χ3n) is 5.33. The van der Waals surface area contributed by atoms with Crippen molar-refractivity contribution in [1.29, 1.82) is 0 Å². The van der Waals surface area contributed by atoms with Gasteiger partial charge >= 0.3 is 0 Å². The second-order valence-corrected chi connectivity index (χ2v) is 7.18. The molecule has 3 heterocycles. The van der Waals surface area contributed by atoms with Crippen LogP contribution in [-0.2, 0) is 11.3 Å². The largest absolute Gasteiger partial charge is 0.496 e. The molecule has 1 saturated heterocycles. The van der Waals surface area contributed by atoms with Crippen molar-refractivity contribution < 1.29 is 9.53 Å². The first-order valence-electron chi connectivity index (χ1n) is 9.62. The van der Waals surface area contributed by atoms with Gasteiger partial charge in [0, 0.05) is 30.9 Å². The van der Waals surface area contributed by atoms with Crippen molar-refractivity contribution in [3.63, 3.8) is 0 Å². The molecule has 0 spiro atoms. The van der Waals surface area contributed by atoms with Crippen LogP contribution in [0.1, 0.15) is 24.1 Å². The minimum Gasteiger partial charge on any atom is -0.496 e. The van der Waals surface area contributed by atoms with Crippen molar-refractivity contribution in [3.8, 4) is 5.75 Å². The van der Waals surface area contributed by atoms with Crippen LogP contribution in [0.3, 0.4) is 0 Å². The number of amides is 1. The van der Waals surface area contributed by atoms with Crippen molar-refractivity contribution in [2.75, 3.05) is 25.1 Å². The SMILES string of the molecule is COc1ccccc1CNC(=O)[C@H]1CCCN(c2nnc3cccc(C)n23)C1. The summed E-state index contributed by atoms with van der Waals surface area (Å²) in [6.07, 6.45) is 1.83. The Morgan fingerprint density at radius 1 is 1.21 bits per heavy atom. The standard InChI is InChI=1S/C21H25N5O2/c1-15-7-5-11-19-23-24-21(26(15)19)25-12-6-9-17(14-25)20(27)22-13-16-8-3-4-10-18(16)28-2/h3-5,7-8,10-11,17H,6,9,12-14H2,1-2H3,(H,22,27)/t17-/m0/s1. The Hall–Kier alpha value is -3.09. The van der Waals surface area contributed by atoms with Gasteiger partial charge in [-0.3, -0.25) is 9.20 Å². The lowest BCUT2D eigenvalue weighted by molar-refractivity contribution is -0.125. The number of methoxy groups -OCH3 is 1. The summed E-state index contributed by atoms with van der Waals surface area (Å²) < 4.78 is 7.41. The van der Waals surface area contributed by atoms with E-state index < -0.39 is 0 Å². The monoisotopic (exact) mass is 379 g/mol. The van der Waals surface area contributed by atoms with Crippen LogP contribution in [0, 0.1) is 12.8 Å². The molecular formula is C21H25N5O2. The van der Waals surface area contributed by atoms with Crippen LogP contribution in [-0.4, -0.2) is 40.7 Å². The third kappa shape index (κ3) is 3.52. The third-order valence-corrected chi connectivity index (χ3v) is 5.33. The molecule has 2 aromatic heterocycles. The number of ether oxygens (including phenoxy) is 1. The number of benzene rings is 1. The summed E-state index contributed by atoms with van der Waals surface area (Å²) in [5.41, 5.74) is 2.89.